The SMILES string of the molecule is Cc1cc(C)c2cc([C@H](c3nnnn3C3CCCC3)[NH+]3CC[NH+](C)CC3)c(=O)[nH]c2c1. The lowest BCUT2D eigenvalue weighted by Crippen LogP contribution is -3.27. The van der Waals surface area contributed by atoms with Gasteiger partial charge in [-0.3, -0.25) is 4.79 Å². The van der Waals surface area contributed by atoms with Gasteiger partial charge in [-0.15, -0.1) is 5.10 Å². The van der Waals surface area contributed by atoms with Crippen molar-refractivity contribution < 1.29 is 9.80 Å². The van der Waals surface area contributed by atoms with E-state index in [0.717, 1.165) is 66.9 Å². The Hall–Kier alpha value is -2.58. The molecule has 8 heteroatoms. The first-order valence-electron chi connectivity index (χ1n) is 11.6. The lowest BCUT2D eigenvalue weighted by atomic mass is 9.99. The molecule has 31 heavy (non-hydrogen) atoms. The molecule has 1 aliphatic carbocycles. The molecule has 3 heterocycles. The van der Waals surface area contributed by atoms with Crippen LogP contribution in [0.25, 0.3) is 10.9 Å². The van der Waals surface area contributed by atoms with Crippen molar-refractivity contribution in [2.45, 2.75) is 51.6 Å². The van der Waals surface area contributed by atoms with Crippen LogP contribution in [0.4, 0.5) is 0 Å². The van der Waals surface area contributed by atoms with Crippen LogP contribution < -0.4 is 15.4 Å². The van der Waals surface area contributed by atoms with Crippen molar-refractivity contribution in [3.8, 4) is 0 Å². The van der Waals surface area contributed by atoms with E-state index in [1.54, 1.807) is 0 Å². The first-order valence-corrected chi connectivity index (χ1v) is 11.6. The highest BCUT2D eigenvalue weighted by Crippen LogP contribution is 2.31. The molecule has 1 atom stereocenters. The highest BCUT2D eigenvalue weighted by atomic mass is 16.1. The standard InChI is InChI=1S/C23H31N7O/c1-15-12-16(2)18-14-19(23(31)24-20(18)13-15)21(29-10-8-28(3)9-11-29)22-25-26-27-30(22)17-6-4-5-7-17/h12-14,17,21H,4-11H2,1-3H3,(H,24,31)/p+2/t21-/m1/s1. The van der Waals surface area contributed by atoms with Gasteiger partial charge < -0.3 is 14.8 Å². The first-order chi connectivity index (χ1) is 15.0. The summed E-state index contributed by atoms with van der Waals surface area (Å²) in [6.45, 7) is 8.34. The van der Waals surface area contributed by atoms with Crippen molar-refractivity contribution in [3.63, 3.8) is 0 Å². The number of aromatic amines is 1. The number of benzene rings is 1. The third-order valence-corrected chi connectivity index (χ3v) is 7.25. The summed E-state index contributed by atoms with van der Waals surface area (Å²) in [6.07, 6.45) is 4.65. The summed E-state index contributed by atoms with van der Waals surface area (Å²) >= 11 is 0. The molecule has 0 radical (unpaired) electrons. The number of hydrogen-bond acceptors (Lipinski definition) is 4. The number of fused-ring (bicyclic) bond motifs is 1. The van der Waals surface area contributed by atoms with E-state index in [1.165, 1.54) is 28.2 Å². The van der Waals surface area contributed by atoms with Crippen LogP contribution in [0.3, 0.4) is 0 Å². The monoisotopic (exact) mass is 423 g/mol. The van der Waals surface area contributed by atoms with Crippen LogP contribution in [0, 0.1) is 13.8 Å². The van der Waals surface area contributed by atoms with Crippen molar-refractivity contribution in [1.82, 2.24) is 25.2 Å². The van der Waals surface area contributed by atoms with Gasteiger partial charge >= 0.3 is 0 Å². The number of nitrogens with one attached hydrogen (secondary N) is 3. The van der Waals surface area contributed by atoms with Crippen LogP contribution in [0.2, 0.25) is 0 Å². The van der Waals surface area contributed by atoms with Crippen LogP contribution in [0.15, 0.2) is 23.0 Å². The first kappa shape index (κ1) is 20.3. The van der Waals surface area contributed by atoms with Gasteiger partial charge in [-0.2, -0.15) is 0 Å². The minimum absolute atomic E-state index is 0.0257. The molecule has 3 aromatic rings. The number of aromatic nitrogens is 5. The number of nitrogens with zero attached hydrogens (tertiary/aromatic N) is 4. The van der Waals surface area contributed by atoms with E-state index >= 15 is 0 Å². The van der Waals surface area contributed by atoms with Crippen molar-refractivity contribution in [2.75, 3.05) is 33.2 Å². The van der Waals surface area contributed by atoms with Crippen LogP contribution in [0.1, 0.15) is 60.3 Å². The number of pyridine rings is 1. The zero-order valence-corrected chi connectivity index (χ0v) is 18.7. The normalized spacial score (nSPS) is 23.5. The van der Waals surface area contributed by atoms with Gasteiger partial charge in [-0.05, 0) is 60.4 Å². The number of hydrogen-bond donors (Lipinski definition) is 3. The molecule has 0 unspecified atom stereocenters. The van der Waals surface area contributed by atoms with Crippen LogP contribution in [0.5, 0.6) is 0 Å². The van der Waals surface area contributed by atoms with E-state index < -0.39 is 0 Å². The molecular formula is C23H33N7O+2. The molecule has 164 valence electrons. The molecule has 8 nitrogen and oxygen atoms in total. The van der Waals surface area contributed by atoms with Crippen LogP contribution >= 0.6 is 0 Å². The second-order valence-corrected chi connectivity index (χ2v) is 9.57. The third-order valence-electron chi connectivity index (χ3n) is 7.25. The number of aryl methyl sites for hydroxylation is 2. The van der Waals surface area contributed by atoms with Gasteiger partial charge in [0.1, 0.15) is 26.2 Å². The van der Waals surface area contributed by atoms with Gasteiger partial charge in [0.05, 0.1) is 18.7 Å². The van der Waals surface area contributed by atoms with Crippen LogP contribution in [-0.2, 0) is 0 Å². The summed E-state index contributed by atoms with van der Waals surface area (Å²) in [5.41, 5.74) is 3.99. The van der Waals surface area contributed by atoms with Gasteiger partial charge in [0.2, 0.25) is 5.82 Å². The number of quaternary nitrogens is 2. The van der Waals surface area contributed by atoms with E-state index in [1.807, 2.05) is 4.68 Å². The molecule has 0 spiro atoms. The Morgan fingerprint density at radius 3 is 2.58 bits per heavy atom. The zero-order chi connectivity index (χ0) is 21.5. The minimum atomic E-state index is -0.155. The summed E-state index contributed by atoms with van der Waals surface area (Å²) in [5, 5.41) is 14.1. The molecule has 1 aromatic carbocycles. The van der Waals surface area contributed by atoms with Crippen molar-refractivity contribution >= 4 is 10.9 Å². The summed E-state index contributed by atoms with van der Waals surface area (Å²) in [6, 6.07) is 6.51. The van der Waals surface area contributed by atoms with E-state index in [9.17, 15) is 4.79 Å². The predicted octanol–water partition coefficient (Wildman–Crippen LogP) is -0.251. The quantitative estimate of drug-likeness (QED) is 0.540. The van der Waals surface area contributed by atoms with Crippen molar-refractivity contribution in [1.29, 1.82) is 0 Å². The predicted molar refractivity (Wildman–Crippen MR) is 119 cm³/mol. The number of rotatable bonds is 4. The second kappa shape index (κ2) is 8.16. The Labute approximate surface area is 182 Å². The van der Waals surface area contributed by atoms with E-state index in [0.29, 0.717) is 6.04 Å². The van der Waals surface area contributed by atoms with E-state index in [-0.39, 0.29) is 11.6 Å². The van der Waals surface area contributed by atoms with Crippen molar-refractivity contribution in [2.24, 2.45) is 0 Å². The molecule has 1 saturated heterocycles. The maximum atomic E-state index is 13.4. The molecule has 2 aliphatic rings. The fourth-order valence-corrected chi connectivity index (χ4v) is 5.53. The average Bonchev–Trinajstić information content (AvgIpc) is 3.42. The van der Waals surface area contributed by atoms with E-state index in [4.69, 9.17) is 0 Å². The lowest BCUT2D eigenvalue weighted by Gasteiger charge is -2.33. The molecule has 0 amide bonds. The van der Waals surface area contributed by atoms with Gasteiger partial charge in [0.15, 0.2) is 6.04 Å². The van der Waals surface area contributed by atoms with Gasteiger partial charge in [0, 0.05) is 10.9 Å². The summed E-state index contributed by atoms with van der Waals surface area (Å²) in [5.74, 6) is 0.844. The number of likely N-dealkylation sites (N-methyl/N-ethyl adjacent to an activating group) is 1. The molecule has 2 fully saturated rings. The Morgan fingerprint density at radius 1 is 1.10 bits per heavy atom. The molecule has 3 N–H and O–H groups in total. The number of tetrazole rings is 1. The maximum absolute atomic E-state index is 13.4. The van der Waals surface area contributed by atoms with Gasteiger partial charge in [0.25, 0.3) is 5.56 Å². The largest absolute Gasteiger partial charge is 0.328 e. The number of H-pyrrole nitrogens is 1. The Kier molecular flexibility index (Phi) is 5.35. The molecule has 1 saturated carbocycles. The Morgan fingerprint density at radius 2 is 1.84 bits per heavy atom. The van der Waals surface area contributed by atoms with Gasteiger partial charge in [-0.1, -0.05) is 18.9 Å². The maximum Gasteiger partial charge on any atom is 0.258 e. The molecular weight excluding hydrogens is 390 g/mol. The molecule has 2 aromatic heterocycles. The highest BCUT2D eigenvalue weighted by molar-refractivity contribution is 5.83. The van der Waals surface area contributed by atoms with Gasteiger partial charge in [-0.25, -0.2) is 4.68 Å². The summed E-state index contributed by atoms with van der Waals surface area (Å²) < 4.78 is 2.03. The van der Waals surface area contributed by atoms with E-state index in [2.05, 4.69) is 59.6 Å². The fourth-order valence-electron chi connectivity index (χ4n) is 5.53. The summed E-state index contributed by atoms with van der Waals surface area (Å²) in [7, 11) is 2.24. The molecule has 5 rings (SSSR count). The Bertz CT molecular complexity index is 1140. The fraction of sp³-hybridized carbons (Fsp3) is 0.565. The molecule has 1 aliphatic heterocycles. The molecule has 0 bridgehead atoms. The topological polar surface area (TPSA) is 85.3 Å². The second-order valence-electron chi connectivity index (χ2n) is 9.57. The van der Waals surface area contributed by atoms with Crippen LogP contribution in [-0.4, -0.2) is 58.4 Å². The zero-order valence-electron chi connectivity index (χ0n) is 18.7. The average molecular weight is 424 g/mol. The Balaban J connectivity index is 1.66. The third kappa shape index (κ3) is 3.78. The minimum Gasteiger partial charge on any atom is -0.328 e. The highest BCUT2D eigenvalue weighted by Gasteiger charge is 2.38. The van der Waals surface area contributed by atoms with Crippen molar-refractivity contribution in [3.05, 3.63) is 51.1 Å². The summed E-state index contributed by atoms with van der Waals surface area (Å²) in [4.78, 5) is 19.5. The smallest absolute Gasteiger partial charge is 0.258 e. The lowest BCUT2D eigenvalue weighted by molar-refractivity contribution is -1.02. The number of piperazine rings is 1.